The molecule has 1 aliphatic rings. The maximum absolute atomic E-state index is 6.17. The lowest BCUT2D eigenvalue weighted by molar-refractivity contribution is -0.0250. The molecule has 1 aliphatic heterocycles. The molecule has 1 aromatic carbocycles. The minimum absolute atomic E-state index is 0.150. The molecule has 30 heavy (non-hydrogen) atoms. The first-order chi connectivity index (χ1) is 14.6. The molecule has 170 valence electrons. The van der Waals surface area contributed by atoms with Gasteiger partial charge in [0.1, 0.15) is 0 Å². The van der Waals surface area contributed by atoms with Gasteiger partial charge in [-0.2, -0.15) is 0 Å². The van der Waals surface area contributed by atoms with Gasteiger partial charge in [-0.25, -0.2) is 0 Å². The molecule has 0 radical (unpaired) electrons. The molecule has 1 heterocycles. The number of nitrogens with one attached hydrogen (secondary N) is 2. The molecule has 1 aromatic rings. The average Bonchev–Trinajstić information content (AvgIpc) is 2.76. The summed E-state index contributed by atoms with van der Waals surface area (Å²) < 4.78 is 6.17. The molecule has 2 rings (SSSR count). The third kappa shape index (κ3) is 8.27. The first-order valence-electron chi connectivity index (χ1n) is 12.0. The molecule has 3 unspecified atom stereocenters. The number of hydrogen-bond acceptors (Lipinski definition) is 3. The zero-order valence-corrected chi connectivity index (χ0v) is 19.9. The SMILES string of the molecule is CCNC(=NCC1CCCOC1c1ccc(C)cc1)NC(C)CCCN(CC)CC. The van der Waals surface area contributed by atoms with Crippen molar-refractivity contribution < 1.29 is 4.74 Å². The molecular formula is C25H44N4O. The van der Waals surface area contributed by atoms with Crippen LogP contribution in [0.3, 0.4) is 0 Å². The smallest absolute Gasteiger partial charge is 0.191 e. The van der Waals surface area contributed by atoms with Crippen molar-refractivity contribution in [3.63, 3.8) is 0 Å². The molecule has 0 bridgehead atoms. The summed E-state index contributed by atoms with van der Waals surface area (Å²) in [5.74, 6) is 1.36. The quantitative estimate of drug-likeness (QED) is 0.411. The van der Waals surface area contributed by atoms with E-state index in [0.717, 1.165) is 51.6 Å². The zero-order valence-electron chi connectivity index (χ0n) is 19.9. The van der Waals surface area contributed by atoms with Gasteiger partial charge >= 0.3 is 0 Å². The number of nitrogens with zero attached hydrogens (tertiary/aromatic N) is 2. The van der Waals surface area contributed by atoms with E-state index in [0.29, 0.717) is 12.0 Å². The number of rotatable bonds is 11. The Morgan fingerprint density at radius 2 is 1.93 bits per heavy atom. The predicted octanol–water partition coefficient (Wildman–Crippen LogP) is 4.53. The fourth-order valence-electron chi connectivity index (χ4n) is 4.15. The van der Waals surface area contributed by atoms with Gasteiger partial charge in [-0.1, -0.05) is 43.7 Å². The fraction of sp³-hybridized carbons (Fsp3) is 0.720. The third-order valence-corrected chi connectivity index (χ3v) is 6.07. The molecular weight excluding hydrogens is 372 g/mol. The zero-order chi connectivity index (χ0) is 21.8. The normalized spacial score (nSPS) is 20.9. The summed E-state index contributed by atoms with van der Waals surface area (Å²) in [6, 6.07) is 9.19. The van der Waals surface area contributed by atoms with Gasteiger partial charge in [-0.3, -0.25) is 4.99 Å². The van der Waals surface area contributed by atoms with E-state index in [4.69, 9.17) is 9.73 Å². The monoisotopic (exact) mass is 416 g/mol. The molecule has 0 saturated carbocycles. The second kappa shape index (κ2) is 13.7. The highest BCUT2D eigenvalue weighted by atomic mass is 16.5. The van der Waals surface area contributed by atoms with Gasteiger partial charge in [0.15, 0.2) is 5.96 Å². The molecule has 3 atom stereocenters. The van der Waals surface area contributed by atoms with E-state index in [1.807, 2.05) is 0 Å². The Labute approximate surface area is 184 Å². The van der Waals surface area contributed by atoms with E-state index in [2.05, 4.69) is 74.4 Å². The fourth-order valence-corrected chi connectivity index (χ4v) is 4.15. The van der Waals surface area contributed by atoms with Gasteiger partial charge in [0.25, 0.3) is 0 Å². The molecule has 0 amide bonds. The van der Waals surface area contributed by atoms with Crippen molar-refractivity contribution in [3.8, 4) is 0 Å². The Hall–Kier alpha value is -1.59. The van der Waals surface area contributed by atoms with Gasteiger partial charge in [0.2, 0.25) is 0 Å². The molecule has 2 N–H and O–H groups in total. The van der Waals surface area contributed by atoms with Crippen molar-refractivity contribution in [1.29, 1.82) is 0 Å². The largest absolute Gasteiger partial charge is 0.373 e. The van der Waals surface area contributed by atoms with Crippen LogP contribution in [0.15, 0.2) is 29.3 Å². The molecule has 0 aromatic heterocycles. The first-order valence-corrected chi connectivity index (χ1v) is 12.0. The Bertz CT molecular complexity index is 612. The summed E-state index contributed by atoms with van der Waals surface area (Å²) in [5, 5.41) is 7.03. The van der Waals surface area contributed by atoms with E-state index in [9.17, 15) is 0 Å². The predicted molar refractivity (Wildman–Crippen MR) is 128 cm³/mol. The summed E-state index contributed by atoms with van der Waals surface area (Å²) in [5.41, 5.74) is 2.57. The van der Waals surface area contributed by atoms with Crippen LogP contribution in [0.25, 0.3) is 0 Å². The summed E-state index contributed by atoms with van der Waals surface area (Å²) in [6.07, 6.45) is 4.80. The van der Waals surface area contributed by atoms with Crippen LogP contribution < -0.4 is 10.6 Å². The lowest BCUT2D eigenvalue weighted by atomic mass is 9.89. The molecule has 5 heteroatoms. The Morgan fingerprint density at radius 3 is 2.60 bits per heavy atom. The van der Waals surface area contributed by atoms with Crippen LogP contribution >= 0.6 is 0 Å². The maximum atomic E-state index is 6.17. The first kappa shape index (κ1) is 24.7. The Morgan fingerprint density at radius 1 is 1.20 bits per heavy atom. The minimum atomic E-state index is 0.150. The van der Waals surface area contributed by atoms with Crippen molar-refractivity contribution in [2.75, 3.05) is 39.3 Å². The van der Waals surface area contributed by atoms with Crippen LogP contribution in [0.5, 0.6) is 0 Å². The summed E-state index contributed by atoms with van der Waals surface area (Å²) in [4.78, 5) is 7.44. The number of aliphatic imine (C=N–C) groups is 1. The highest BCUT2D eigenvalue weighted by molar-refractivity contribution is 5.80. The maximum Gasteiger partial charge on any atom is 0.191 e. The Balaban J connectivity index is 1.92. The number of hydrogen-bond donors (Lipinski definition) is 2. The van der Waals surface area contributed by atoms with Crippen LogP contribution in [0.2, 0.25) is 0 Å². The summed E-state index contributed by atoms with van der Waals surface area (Å²) in [7, 11) is 0. The van der Waals surface area contributed by atoms with Crippen molar-refractivity contribution in [1.82, 2.24) is 15.5 Å². The van der Waals surface area contributed by atoms with Gasteiger partial charge in [-0.05, 0) is 71.7 Å². The van der Waals surface area contributed by atoms with E-state index in [1.54, 1.807) is 0 Å². The van der Waals surface area contributed by atoms with Gasteiger partial charge < -0.3 is 20.3 Å². The molecule has 5 nitrogen and oxygen atoms in total. The van der Waals surface area contributed by atoms with Crippen LogP contribution in [0.1, 0.15) is 70.6 Å². The number of benzene rings is 1. The topological polar surface area (TPSA) is 48.9 Å². The van der Waals surface area contributed by atoms with E-state index < -0.39 is 0 Å². The van der Waals surface area contributed by atoms with Crippen molar-refractivity contribution >= 4 is 5.96 Å². The van der Waals surface area contributed by atoms with Crippen LogP contribution in [-0.4, -0.2) is 56.2 Å². The van der Waals surface area contributed by atoms with E-state index >= 15 is 0 Å². The highest BCUT2D eigenvalue weighted by Gasteiger charge is 2.27. The van der Waals surface area contributed by atoms with E-state index in [1.165, 1.54) is 30.5 Å². The average molecular weight is 417 g/mol. The van der Waals surface area contributed by atoms with Crippen molar-refractivity contribution in [2.45, 2.75) is 72.4 Å². The molecule has 0 spiro atoms. The lowest BCUT2D eigenvalue weighted by Gasteiger charge is -2.31. The van der Waals surface area contributed by atoms with Crippen molar-refractivity contribution in [2.24, 2.45) is 10.9 Å². The lowest BCUT2D eigenvalue weighted by Crippen LogP contribution is -2.43. The number of ether oxygens (including phenoxy) is 1. The van der Waals surface area contributed by atoms with Crippen LogP contribution in [-0.2, 0) is 4.74 Å². The van der Waals surface area contributed by atoms with E-state index in [-0.39, 0.29) is 6.10 Å². The molecule has 0 aliphatic carbocycles. The highest BCUT2D eigenvalue weighted by Crippen LogP contribution is 2.33. The standard InChI is InChI=1S/C25H44N4O/c1-6-26-25(28-21(5)11-9-17-29(7-2)8-3)27-19-23-12-10-18-30-24(23)22-15-13-20(4)14-16-22/h13-16,21,23-24H,6-12,17-19H2,1-5H3,(H2,26,27,28). The number of guanidine groups is 1. The minimum Gasteiger partial charge on any atom is -0.373 e. The van der Waals surface area contributed by atoms with Crippen molar-refractivity contribution in [3.05, 3.63) is 35.4 Å². The third-order valence-electron chi connectivity index (χ3n) is 6.07. The summed E-state index contributed by atoms with van der Waals surface area (Å²) in [6.45, 7) is 16.9. The van der Waals surface area contributed by atoms with Gasteiger partial charge in [0, 0.05) is 31.7 Å². The van der Waals surface area contributed by atoms with Crippen LogP contribution in [0.4, 0.5) is 0 Å². The van der Waals surface area contributed by atoms with Gasteiger partial charge in [0.05, 0.1) is 6.10 Å². The molecule has 1 saturated heterocycles. The van der Waals surface area contributed by atoms with Gasteiger partial charge in [-0.15, -0.1) is 0 Å². The Kier molecular flexibility index (Phi) is 11.2. The molecule has 1 fully saturated rings. The second-order valence-electron chi connectivity index (χ2n) is 8.54. The van der Waals surface area contributed by atoms with Crippen LogP contribution in [0, 0.1) is 12.8 Å². The number of aryl methyl sites for hydroxylation is 1. The second-order valence-corrected chi connectivity index (χ2v) is 8.54. The summed E-state index contributed by atoms with van der Waals surface area (Å²) >= 11 is 0.